The van der Waals surface area contributed by atoms with Gasteiger partial charge in [0.25, 0.3) is 5.91 Å². The molecule has 0 bridgehead atoms. The minimum Gasteiger partial charge on any atom is -0.493 e. The molecule has 266 valence electrons. The molecular formula is C38H48N6O6. The van der Waals surface area contributed by atoms with Crippen LogP contribution in [0, 0.1) is 13.8 Å². The van der Waals surface area contributed by atoms with E-state index in [1.54, 1.807) is 26.4 Å². The lowest BCUT2D eigenvalue weighted by Gasteiger charge is -2.32. The van der Waals surface area contributed by atoms with Crippen molar-refractivity contribution >= 4 is 23.2 Å². The van der Waals surface area contributed by atoms with Gasteiger partial charge in [0.2, 0.25) is 17.6 Å². The molecule has 0 aliphatic carbocycles. The molecule has 0 radical (unpaired) electrons. The van der Waals surface area contributed by atoms with Gasteiger partial charge in [0, 0.05) is 62.4 Å². The van der Waals surface area contributed by atoms with Gasteiger partial charge in [0.15, 0.2) is 23.0 Å². The van der Waals surface area contributed by atoms with E-state index in [0.717, 1.165) is 56.0 Å². The number of aromatic nitrogens is 2. The highest BCUT2D eigenvalue weighted by Gasteiger charge is 2.22. The number of piperazine rings is 1. The highest BCUT2D eigenvalue weighted by atomic mass is 16.5. The van der Waals surface area contributed by atoms with Crippen molar-refractivity contribution in [2.45, 2.75) is 40.2 Å². The zero-order valence-corrected chi connectivity index (χ0v) is 30.0. The Kier molecular flexibility index (Phi) is 12.3. The Morgan fingerprint density at radius 2 is 1.60 bits per heavy atom. The monoisotopic (exact) mass is 684 g/mol. The van der Waals surface area contributed by atoms with Gasteiger partial charge >= 0.3 is 0 Å². The molecular weight excluding hydrogens is 636 g/mol. The topological polar surface area (TPSA) is 120 Å². The van der Waals surface area contributed by atoms with Crippen molar-refractivity contribution in [3.05, 3.63) is 77.5 Å². The second kappa shape index (κ2) is 17.0. The number of nitrogens with zero attached hydrogens (tertiary/aromatic N) is 4. The third kappa shape index (κ3) is 9.33. The summed E-state index contributed by atoms with van der Waals surface area (Å²) in [5.74, 6) is 2.25. The van der Waals surface area contributed by atoms with Crippen molar-refractivity contribution in [3.8, 4) is 34.6 Å². The zero-order valence-electron chi connectivity index (χ0n) is 30.0. The van der Waals surface area contributed by atoms with Gasteiger partial charge in [-0.3, -0.25) is 4.79 Å². The van der Waals surface area contributed by atoms with Gasteiger partial charge in [-0.1, -0.05) is 30.3 Å². The van der Waals surface area contributed by atoms with Crippen LogP contribution >= 0.6 is 0 Å². The SMILES string of the molecule is COc1cc(Nc2ncc(C(=O)Nc3c(C)cccc3C)c(Oc3ccccc3OC(C)C)n2)cc(OCCCN2CCN(C)CC2)c1OC. The molecule has 50 heavy (non-hydrogen) atoms. The quantitative estimate of drug-likeness (QED) is 0.130. The van der Waals surface area contributed by atoms with Crippen molar-refractivity contribution in [2.24, 2.45) is 0 Å². The number of hydrogen-bond acceptors (Lipinski definition) is 11. The number of aryl methyl sites for hydroxylation is 2. The molecule has 2 N–H and O–H groups in total. The van der Waals surface area contributed by atoms with Crippen molar-refractivity contribution in [1.29, 1.82) is 0 Å². The number of carbonyl (C=O) groups excluding carboxylic acids is 1. The average Bonchev–Trinajstić information content (AvgIpc) is 3.09. The van der Waals surface area contributed by atoms with Gasteiger partial charge in [-0.2, -0.15) is 4.98 Å². The Morgan fingerprint density at radius 1 is 0.900 bits per heavy atom. The van der Waals surface area contributed by atoms with E-state index in [4.69, 9.17) is 23.7 Å². The number of methoxy groups -OCH3 is 2. The van der Waals surface area contributed by atoms with E-state index in [1.165, 1.54) is 6.20 Å². The molecule has 0 unspecified atom stereocenters. The summed E-state index contributed by atoms with van der Waals surface area (Å²) >= 11 is 0. The van der Waals surface area contributed by atoms with E-state index < -0.39 is 5.91 Å². The van der Waals surface area contributed by atoms with Crippen LogP contribution in [0.3, 0.4) is 0 Å². The number of amides is 1. The van der Waals surface area contributed by atoms with Crippen molar-refractivity contribution in [1.82, 2.24) is 19.8 Å². The Balaban J connectivity index is 1.41. The molecule has 1 aromatic heterocycles. The molecule has 1 saturated heterocycles. The number of nitrogens with one attached hydrogen (secondary N) is 2. The molecule has 0 atom stereocenters. The average molecular weight is 685 g/mol. The van der Waals surface area contributed by atoms with Crippen molar-refractivity contribution in [3.63, 3.8) is 0 Å². The number of benzene rings is 3. The number of carbonyl (C=O) groups is 1. The summed E-state index contributed by atoms with van der Waals surface area (Å²) in [6.45, 7) is 13.5. The maximum absolute atomic E-state index is 13.7. The Hall–Kier alpha value is -5.07. The summed E-state index contributed by atoms with van der Waals surface area (Å²) in [5.41, 5.74) is 3.33. The molecule has 5 rings (SSSR count). The highest BCUT2D eigenvalue weighted by Crippen LogP contribution is 2.41. The maximum atomic E-state index is 13.7. The number of para-hydroxylation sites is 3. The predicted molar refractivity (Wildman–Crippen MR) is 195 cm³/mol. The van der Waals surface area contributed by atoms with Gasteiger partial charge < -0.3 is 44.1 Å². The van der Waals surface area contributed by atoms with Crippen LogP contribution in [0.5, 0.6) is 34.6 Å². The third-order valence-corrected chi connectivity index (χ3v) is 8.31. The van der Waals surface area contributed by atoms with Gasteiger partial charge in [-0.05, 0) is 64.4 Å². The molecule has 12 heteroatoms. The van der Waals surface area contributed by atoms with Crippen LogP contribution in [0.1, 0.15) is 41.8 Å². The lowest BCUT2D eigenvalue weighted by Crippen LogP contribution is -2.44. The smallest absolute Gasteiger partial charge is 0.262 e. The van der Waals surface area contributed by atoms with E-state index in [9.17, 15) is 4.79 Å². The fourth-order valence-corrected chi connectivity index (χ4v) is 5.62. The van der Waals surface area contributed by atoms with E-state index in [0.29, 0.717) is 41.0 Å². The van der Waals surface area contributed by atoms with Crippen LogP contribution in [-0.4, -0.2) is 92.4 Å². The Morgan fingerprint density at radius 3 is 2.28 bits per heavy atom. The molecule has 2 heterocycles. The summed E-state index contributed by atoms with van der Waals surface area (Å²) in [6.07, 6.45) is 2.21. The van der Waals surface area contributed by atoms with Crippen LogP contribution in [0.4, 0.5) is 17.3 Å². The van der Waals surface area contributed by atoms with Crippen LogP contribution in [0.15, 0.2) is 60.8 Å². The van der Waals surface area contributed by atoms with E-state index in [-0.39, 0.29) is 23.5 Å². The minimum atomic E-state index is -0.412. The molecule has 4 aromatic rings. The summed E-state index contributed by atoms with van der Waals surface area (Å²) < 4.78 is 29.8. The first-order valence-electron chi connectivity index (χ1n) is 16.9. The number of anilines is 3. The number of rotatable bonds is 15. The molecule has 1 amide bonds. The molecule has 12 nitrogen and oxygen atoms in total. The lowest BCUT2D eigenvalue weighted by atomic mass is 10.1. The molecule has 0 saturated carbocycles. The fourth-order valence-electron chi connectivity index (χ4n) is 5.62. The number of hydrogen-bond donors (Lipinski definition) is 2. The highest BCUT2D eigenvalue weighted by molar-refractivity contribution is 6.06. The van der Waals surface area contributed by atoms with Gasteiger partial charge in [-0.25, -0.2) is 4.98 Å². The van der Waals surface area contributed by atoms with Crippen molar-refractivity contribution in [2.75, 3.05) is 71.2 Å². The van der Waals surface area contributed by atoms with Gasteiger partial charge in [-0.15, -0.1) is 0 Å². The Labute approximate surface area is 294 Å². The lowest BCUT2D eigenvalue weighted by molar-refractivity contribution is 0.102. The summed E-state index contributed by atoms with van der Waals surface area (Å²) in [7, 11) is 5.31. The first kappa shape index (κ1) is 36.2. The van der Waals surface area contributed by atoms with Crippen LogP contribution in [0.2, 0.25) is 0 Å². The molecule has 1 aliphatic heterocycles. The third-order valence-electron chi connectivity index (χ3n) is 8.31. The van der Waals surface area contributed by atoms with Crippen LogP contribution in [-0.2, 0) is 0 Å². The summed E-state index contributed by atoms with van der Waals surface area (Å²) in [4.78, 5) is 27.7. The minimum absolute atomic E-state index is 0.0481. The first-order valence-corrected chi connectivity index (χ1v) is 16.9. The number of ether oxygens (including phenoxy) is 5. The van der Waals surface area contributed by atoms with Gasteiger partial charge in [0.05, 0.1) is 26.9 Å². The standard InChI is InChI=1S/C38H48N6O6/c1-25(2)49-30-14-8-9-15-31(30)50-37-29(36(45)41-34-26(3)12-10-13-27(34)4)24-39-38(42-37)40-28-22-32(46-6)35(47-7)33(23-28)48-21-11-16-44-19-17-43(5)18-20-44/h8-10,12-15,22-25H,11,16-21H2,1-7H3,(H,41,45)(H,39,40,42). The largest absolute Gasteiger partial charge is 0.493 e. The van der Waals surface area contributed by atoms with Gasteiger partial charge in [0.1, 0.15) is 5.56 Å². The summed E-state index contributed by atoms with van der Waals surface area (Å²) in [6, 6.07) is 16.7. The molecule has 3 aromatic carbocycles. The first-order chi connectivity index (χ1) is 24.1. The van der Waals surface area contributed by atoms with E-state index in [1.807, 2.05) is 70.2 Å². The Bertz CT molecular complexity index is 1740. The van der Waals surface area contributed by atoms with E-state index >= 15 is 0 Å². The maximum Gasteiger partial charge on any atom is 0.262 e. The fraction of sp³-hybridized carbons (Fsp3) is 0.395. The molecule has 1 fully saturated rings. The second-order valence-electron chi connectivity index (χ2n) is 12.5. The molecule has 0 spiro atoms. The van der Waals surface area contributed by atoms with Crippen LogP contribution < -0.4 is 34.3 Å². The second-order valence-corrected chi connectivity index (χ2v) is 12.5. The van der Waals surface area contributed by atoms with Crippen molar-refractivity contribution < 1.29 is 28.5 Å². The summed E-state index contributed by atoms with van der Waals surface area (Å²) in [5, 5.41) is 6.25. The zero-order chi connectivity index (χ0) is 35.6. The predicted octanol–water partition coefficient (Wildman–Crippen LogP) is 6.70. The van der Waals surface area contributed by atoms with E-state index in [2.05, 4.69) is 37.4 Å². The van der Waals surface area contributed by atoms with Crippen LogP contribution in [0.25, 0.3) is 0 Å². The molecule has 1 aliphatic rings. The normalized spacial score (nSPS) is 13.5. The number of likely N-dealkylation sites (N-methyl/N-ethyl adjacent to an activating group) is 1.